The van der Waals surface area contributed by atoms with E-state index in [4.69, 9.17) is 5.11 Å². The highest BCUT2D eigenvalue weighted by molar-refractivity contribution is 5.87. The molecule has 0 aliphatic carbocycles. The number of rotatable bonds is 6. The van der Waals surface area contributed by atoms with Gasteiger partial charge in [0.25, 0.3) is 0 Å². The highest BCUT2D eigenvalue weighted by atomic mass is 16.5. The lowest BCUT2D eigenvalue weighted by atomic mass is 10.1. The summed E-state index contributed by atoms with van der Waals surface area (Å²) in [4.78, 5) is 23.8. The molecule has 0 aromatic carbocycles. The molecule has 0 radical (unpaired) electrons. The summed E-state index contributed by atoms with van der Waals surface area (Å²) in [7, 11) is 1.27. The van der Waals surface area contributed by atoms with Gasteiger partial charge in [-0.25, -0.2) is 4.79 Å². The van der Waals surface area contributed by atoms with Gasteiger partial charge in [-0.3, -0.25) is 4.79 Å². The first-order chi connectivity index (χ1) is 8.99. The summed E-state index contributed by atoms with van der Waals surface area (Å²) in [6.45, 7) is 4.45. The maximum absolute atomic E-state index is 11.2. The van der Waals surface area contributed by atoms with Crippen LogP contribution in [0.15, 0.2) is 12.1 Å². The summed E-state index contributed by atoms with van der Waals surface area (Å²) >= 11 is 0. The lowest BCUT2D eigenvalue weighted by Crippen LogP contribution is -2.32. The van der Waals surface area contributed by atoms with E-state index < -0.39 is 17.9 Å². The molecule has 1 unspecified atom stereocenters. The van der Waals surface area contributed by atoms with Gasteiger partial charge in [0.1, 0.15) is 0 Å². The monoisotopic (exact) mass is 267 g/mol. The van der Waals surface area contributed by atoms with E-state index in [1.54, 1.807) is 17.9 Å². The summed E-state index contributed by atoms with van der Waals surface area (Å²) in [6.07, 6.45) is 0. The van der Waals surface area contributed by atoms with Gasteiger partial charge in [-0.1, -0.05) is 6.92 Å². The zero-order valence-electron chi connectivity index (χ0n) is 11.2. The predicted octanol–water partition coefficient (Wildman–Crippen LogP) is 0.810. The molecule has 0 aliphatic heterocycles. The van der Waals surface area contributed by atoms with Gasteiger partial charge in [-0.15, -0.1) is 10.2 Å². The number of carbonyl (C=O) groups is 2. The highest BCUT2D eigenvalue weighted by Gasteiger charge is 2.17. The Morgan fingerprint density at radius 3 is 2.53 bits per heavy atom. The Balaban J connectivity index is 2.82. The van der Waals surface area contributed by atoms with Gasteiger partial charge in [0.15, 0.2) is 11.5 Å². The largest absolute Gasteiger partial charge is 0.481 e. The van der Waals surface area contributed by atoms with Gasteiger partial charge in [-0.05, 0) is 19.1 Å². The molecule has 1 rings (SSSR count). The summed E-state index contributed by atoms with van der Waals surface area (Å²) in [6, 6.07) is 3.12. The van der Waals surface area contributed by atoms with Gasteiger partial charge < -0.3 is 14.7 Å². The molecule has 104 valence electrons. The predicted molar refractivity (Wildman–Crippen MR) is 68.1 cm³/mol. The van der Waals surface area contributed by atoms with Crippen LogP contribution in [0.1, 0.15) is 24.3 Å². The first-order valence-electron chi connectivity index (χ1n) is 5.89. The van der Waals surface area contributed by atoms with Gasteiger partial charge >= 0.3 is 11.9 Å². The first-order valence-corrected chi connectivity index (χ1v) is 5.89. The summed E-state index contributed by atoms with van der Waals surface area (Å²) in [5, 5.41) is 16.6. The number of carboxylic acid groups (broad SMARTS) is 1. The fraction of sp³-hybridized carbons (Fsp3) is 0.500. The van der Waals surface area contributed by atoms with Crippen molar-refractivity contribution in [1.29, 1.82) is 0 Å². The van der Waals surface area contributed by atoms with Crippen molar-refractivity contribution in [3.8, 4) is 0 Å². The number of carboxylic acids is 1. The third kappa shape index (κ3) is 3.90. The van der Waals surface area contributed by atoms with E-state index in [0.717, 1.165) is 0 Å². The van der Waals surface area contributed by atoms with Crippen LogP contribution in [0.3, 0.4) is 0 Å². The van der Waals surface area contributed by atoms with E-state index >= 15 is 0 Å². The molecule has 0 saturated carbocycles. The van der Waals surface area contributed by atoms with E-state index in [1.165, 1.54) is 13.2 Å². The molecule has 0 spiro atoms. The number of carbonyl (C=O) groups excluding carboxylic acids is 1. The maximum atomic E-state index is 11.2. The molecule has 19 heavy (non-hydrogen) atoms. The maximum Gasteiger partial charge on any atom is 0.358 e. The fourth-order valence-electron chi connectivity index (χ4n) is 1.50. The molecule has 7 nitrogen and oxygen atoms in total. The van der Waals surface area contributed by atoms with Crippen LogP contribution in [0.5, 0.6) is 0 Å². The van der Waals surface area contributed by atoms with E-state index in [0.29, 0.717) is 18.9 Å². The van der Waals surface area contributed by atoms with Crippen molar-refractivity contribution in [2.24, 2.45) is 5.92 Å². The van der Waals surface area contributed by atoms with E-state index in [9.17, 15) is 9.59 Å². The third-order valence-electron chi connectivity index (χ3n) is 2.67. The Morgan fingerprint density at radius 1 is 1.42 bits per heavy atom. The molecule has 1 heterocycles. The van der Waals surface area contributed by atoms with Gasteiger partial charge in [-0.2, -0.15) is 0 Å². The Labute approximate surface area is 111 Å². The molecule has 0 amide bonds. The Morgan fingerprint density at radius 2 is 2.11 bits per heavy atom. The lowest BCUT2D eigenvalue weighted by Gasteiger charge is -2.23. The molecule has 1 atom stereocenters. The zero-order chi connectivity index (χ0) is 14.4. The minimum absolute atomic E-state index is 0.119. The van der Waals surface area contributed by atoms with Gasteiger partial charge in [0.05, 0.1) is 13.0 Å². The summed E-state index contributed by atoms with van der Waals surface area (Å²) in [5.41, 5.74) is 0.119. The number of methoxy groups -OCH3 is 1. The van der Waals surface area contributed by atoms with Crippen LogP contribution in [0.2, 0.25) is 0 Å². The van der Waals surface area contributed by atoms with Gasteiger partial charge in [0.2, 0.25) is 0 Å². The van der Waals surface area contributed by atoms with Crippen molar-refractivity contribution in [3.63, 3.8) is 0 Å². The number of anilines is 1. The molecule has 0 aliphatic rings. The molecule has 7 heteroatoms. The van der Waals surface area contributed by atoms with Crippen LogP contribution >= 0.6 is 0 Å². The zero-order valence-corrected chi connectivity index (χ0v) is 11.2. The van der Waals surface area contributed by atoms with Crippen LogP contribution < -0.4 is 4.90 Å². The number of esters is 1. The third-order valence-corrected chi connectivity index (χ3v) is 2.67. The average molecular weight is 267 g/mol. The van der Waals surface area contributed by atoms with Crippen molar-refractivity contribution < 1.29 is 19.4 Å². The van der Waals surface area contributed by atoms with Crippen LogP contribution in [0, 0.1) is 5.92 Å². The van der Waals surface area contributed by atoms with Crippen molar-refractivity contribution in [2.45, 2.75) is 13.8 Å². The second-order valence-corrected chi connectivity index (χ2v) is 4.05. The molecule has 0 bridgehead atoms. The smallest absolute Gasteiger partial charge is 0.358 e. The first kappa shape index (κ1) is 14.9. The van der Waals surface area contributed by atoms with Crippen molar-refractivity contribution in [3.05, 3.63) is 17.8 Å². The minimum atomic E-state index is -0.863. The summed E-state index contributed by atoms with van der Waals surface area (Å²) in [5.74, 6) is -1.40. The Kier molecular flexibility index (Phi) is 5.23. The number of aromatic nitrogens is 2. The average Bonchev–Trinajstić information content (AvgIpc) is 2.43. The van der Waals surface area contributed by atoms with E-state index in [1.807, 2.05) is 6.92 Å². The lowest BCUT2D eigenvalue weighted by molar-refractivity contribution is -0.140. The van der Waals surface area contributed by atoms with Crippen LogP contribution in [-0.4, -0.2) is 47.4 Å². The van der Waals surface area contributed by atoms with Crippen LogP contribution in [-0.2, 0) is 9.53 Å². The van der Waals surface area contributed by atoms with Crippen molar-refractivity contribution in [2.75, 3.05) is 25.1 Å². The van der Waals surface area contributed by atoms with E-state index in [2.05, 4.69) is 14.9 Å². The van der Waals surface area contributed by atoms with Crippen molar-refractivity contribution >= 4 is 17.8 Å². The molecular weight excluding hydrogens is 250 g/mol. The van der Waals surface area contributed by atoms with Crippen LogP contribution in [0.4, 0.5) is 5.82 Å². The number of aliphatic carboxylic acids is 1. The molecule has 1 N–H and O–H groups in total. The second kappa shape index (κ2) is 6.67. The highest BCUT2D eigenvalue weighted by Crippen LogP contribution is 2.12. The van der Waals surface area contributed by atoms with E-state index in [-0.39, 0.29) is 5.69 Å². The minimum Gasteiger partial charge on any atom is -0.481 e. The standard InChI is InChI=1S/C12H17N3O4/c1-4-15(7-8(2)11(16)17)10-6-5-9(13-14-10)12(18)19-3/h5-6,8H,4,7H2,1-3H3,(H,16,17). The summed E-state index contributed by atoms with van der Waals surface area (Å²) < 4.78 is 4.53. The number of ether oxygens (including phenoxy) is 1. The molecule has 0 saturated heterocycles. The quantitative estimate of drug-likeness (QED) is 0.762. The Bertz CT molecular complexity index is 447. The normalized spacial score (nSPS) is 11.7. The SMILES string of the molecule is CCN(CC(C)C(=O)O)c1ccc(C(=O)OC)nn1. The van der Waals surface area contributed by atoms with Crippen LogP contribution in [0.25, 0.3) is 0 Å². The molecule has 1 aromatic heterocycles. The topological polar surface area (TPSA) is 92.6 Å². The fourth-order valence-corrected chi connectivity index (χ4v) is 1.50. The van der Waals surface area contributed by atoms with Crippen molar-refractivity contribution in [1.82, 2.24) is 10.2 Å². The second-order valence-electron chi connectivity index (χ2n) is 4.05. The number of nitrogens with zero attached hydrogens (tertiary/aromatic N) is 3. The number of hydrogen-bond acceptors (Lipinski definition) is 6. The molecule has 0 fully saturated rings. The number of hydrogen-bond donors (Lipinski definition) is 1. The van der Waals surface area contributed by atoms with Gasteiger partial charge in [0, 0.05) is 13.1 Å². The Hall–Kier alpha value is -2.18. The molecule has 1 aromatic rings. The molecular formula is C12H17N3O4.